The predicted octanol–water partition coefficient (Wildman–Crippen LogP) is 5.98. The van der Waals surface area contributed by atoms with Crippen LogP contribution in [0.15, 0.2) is 0 Å². The van der Waals surface area contributed by atoms with Crippen LogP contribution >= 0.6 is 0 Å². The van der Waals surface area contributed by atoms with Crippen LogP contribution in [0, 0.1) is 35.5 Å². The smallest absolute Gasteiger partial charge is 0.228 e. The molecule has 1 amide bonds. The molecular weight excluding hydrogens is 344 g/mol. The maximum atomic E-state index is 14.4. The molecule has 28 heavy (non-hydrogen) atoms. The molecule has 0 aromatic rings. The molecule has 1 saturated heterocycles. The quantitative estimate of drug-likeness (QED) is 0.601. The molecule has 3 nitrogen and oxygen atoms in total. The van der Waals surface area contributed by atoms with Crippen LogP contribution in [0.2, 0.25) is 0 Å². The van der Waals surface area contributed by atoms with Gasteiger partial charge in [0.05, 0.1) is 11.5 Å². The minimum atomic E-state index is -0.303. The first-order chi connectivity index (χ1) is 12.5. The summed E-state index contributed by atoms with van der Waals surface area (Å²) in [6.45, 7) is 31.9. The van der Waals surface area contributed by atoms with Crippen molar-refractivity contribution in [3.8, 4) is 0 Å². The number of nitrogens with zero attached hydrogens (tertiary/aromatic N) is 1. The molecule has 0 spiro atoms. The van der Waals surface area contributed by atoms with E-state index in [-0.39, 0.29) is 28.6 Å². The summed E-state index contributed by atoms with van der Waals surface area (Å²) in [6, 6.07) is 0.172. The van der Waals surface area contributed by atoms with E-state index in [1.165, 1.54) is 0 Å². The summed E-state index contributed by atoms with van der Waals surface area (Å²) in [7, 11) is 0. The van der Waals surface area contributed by atoms with Gasteiger partial charge < -0.3 is 10.2 Å². The SMILES string of the molecule is CC(C)C1NC(C)(C(C)C)C(C)(C(C)C)N(C(C)(C)C(C)C)C(=O)C1C(C)C. The third kappa shape index (κ3) is 3.77. The van der Waals surface area contributed by atoms with Gasteiger partial charge in [-0.05, 0) is 57.3 Å². The van der Waals surface area contributed by atoms with Gasteiger partial charge in [-0.25, -0.2) is 0 Å². The molecule has 0 aliphatic carbocycles. The Bertz CT molecular complexity index is 549. The minimum Gasteiger partial charge on any atom is -0.330 e. The van der Waals surface area contributed by atoms with Gasteiger partial charge >= 0.3 is 0 Å². The lowest BCUT2D eigenvalue weighted by Gasteiger charge is -2.61. The second-order valence-electron chi connectivity index (χ2n) is 11.8. The molecule has 0 aromatic carbocycles. The molecule has 1 heterocycles. The molecule has 0 saturated carbocycles. The number of hydrogen-bond donors (Lipinski definition) is 1. The highest BCUT2D eigenvalue weighted by Gasteiger charge is 2.62. The number of carbonyl (C=O) groups excluding carboxylic acids is 1. The summed E-state index contributed by atoms with van der Waals surface area (Å²) in [5.41, 5.74) is -0.725. The summed E-state index contributed by atoms with van der Waals surface area (Å²) in [6.07, 6.45) is 0. The number of nitrogens with one attached hydrogen (secondary N) is 1. The van der Waals surface area contributed by atoms with Gasteiger partial charge in [0, 0.05) is 17.1 Å². The Kier molecular flexibility index (Phi) is 7.53. The Morgan fingerprint density at radius 1 is 0.857 bits per heavy atom. The predicted molar refractivity (Wildman–Crippen MR) is 122 cm³/mol. The number of hydrogen-bond acceptors (Lipinski definition) is 2. The van der Waals surface area contributed by atoms with E-state index in [1.807, 2.05) is 0 Å². The van der Waals surface area contributed by atoms with Crippen molar-refractivity contribution < 1.29 is 4.79 Å². The zero-order valence-corrected chi connectivity index (χ0v) is 21.4. The maximum Gasteiger partial charge on any atom is 0.228 e. The van der Waals surface area contributed by atoms with Crippen LogP contribution in [0.25, 0.3) is 0 Å². The van der Waals surface area contributed by atoms with Crippen LogP contribution in [0.1, 0.15) is 96.9 Å². The van der Waals surface area contributed by atoms with Crippen LogP contribution in [-0.2, 0) is 4.79 Å². The van der Waals surface area contributed by atoms with Crippen molar-refractivity contribution in [2.45, 2.75) is 120 Å². The van der Waals surface area contributed by atoms with Crippen molar-refractivity contribution in [1.29, 1.82) is 0 Å². The van der Waals surface area contributed by atoms with Crippen LogP contribution in [0.4, 0.5) is 0 Å². The van der Waals surface area contributed by atoms with E-state index in [2.05, 4.69) is 107 Å². The van der Waals surface area contributed by atoms with E-state index in [4.69, 9.17) is 0 Å². The van der Waals surface area contributed by atoms with E-state index in [0.717, 1.165) is 0 Å². The molecule has 3 heteroatoms. The molecule has 1 N–H and O–H groups in total. The van der Waals surface area contributed by atoms with E-state index in [1.54, 1.807) is 0 Å². The highest BCUT2D eigenvalue weighted by Crippen LogP contribution is 2.49. The van der Waals surface area contributed by atoms with Crippen LogP contribution < -0.4 is 5.32 Å². The second kappa shape index (κ2) is 8.28. The van der Waals surface area contributed by atoms with E-state index in [0.29, 0.717) is 35.5 Å². The first kappa shape index (κ1) is 25.5. The number of amides is 1. The lowest BCUT2D eigenvalue weighted by molar-refractivity contribution is -0.162. The maximum absolute atomic E-state index is 14.4. The summed E-state index contributed by atoms with van der Waals surface area (Å²) < 4.78 is 0. The summed E-state index contributed by atoms with van der Waals surface area (Å²) >= 11 is 0. The van der Waals surface area contributed by atoms with E-state index < -0.39 is 0 Å². The fourth-order valence-corrected chi connectivity index (χ4v) is 5.38. The standard InChI is InChI=1S/C25H50N2O/c1-15(2)20-21(16(3)4)26-24(13,18(7)8)25(14,19(9)10)27(22(20)28)23(11,12)17(5)6/h15-21,26H,1-14H3. The van der Waals surface area contributed by atoms with Crippen molar-refractivity contribution >= 4 is 5.91 Å². The Hall–Kier alpha value is -0.570. The highest BCUT2D eigenvalue weighted by atomic mass is 16.2. The van der Waals surface area contributed by atoms with Gasteiger partial charge in [-0.1, -0.05) is 69.2 Å². The van der Waals surface area contributed by atoms with Gasteiger partial charge in [-0.15, -0.1) is 0 Å². The Morgan fingerprint density at radius 3 is 1.61 bits per heavy atom. The third-order valence-electron chi connectivity index (χ3n) is 8.58. The zero-order chi connectivity index (χ0) is 22.4. The van der Waals surface area contributed by atoms with Gasteiger partial charge in [0.1, 0.15) is 0 Å². The van der Waals surface area contributed by atoms with Gasteiger partial charge in [0.2, 0.25) is 5.91 Å². The molecule has 166 valence electrons. The summed E-state index contributed by atoms with van der Waals surface area (Å²) in [5, 5.41) is 4.10. The fraction of sp³-hybridized carbons (Fsp3) is 0.960. The second-order valence-corrected chi connectivity index (χ2v) is 11.8. The lowest BCUT2D eigenvalue weighted by atomic mass is 9.63. The molecular formula is C25H50N2O. The van der Waals surface area contributed by atoms with Gasteiger partial charge in [-0.3, -0.25) is 4.79 Å². The summed E-state index contributed by atoms with van der Waals surface area (Å²) in [4.78, 5) is 16.7. The fourth-order valence-electron chi connectivity index (χ4n) is 5.38. The molecule has 0 bridgehead atoms. The highest BCUT2D eigenvalue weighted by molar-refractivity contribution is 5.82. The molecule has 1 aliphatic heterocycles. The Labute approximate surface area is 176 Å². The minimum absolute atomic E-state index is 0.0170. The van der Waals surface area contributed by atoms with Crippen LogP contribution in [0.5, 0.6) is 0 Å². The van der Waals surface area contributed by atoms with Gasteiger partial charge in [0.25, 0.3) is 0 Å². The topological polar surface area (TPSA) is 32.3 Å². The molecule has 1 fully saturated rings. The van der Waals surface area contributed by atoms with Crippen molar-refractivity contribution in [2.24, 2.45) is 35.5 Å². The van der Waals surface area contributed by atoms with Crippen molar-refractivity contribution in [2.75, 3.05) is 0 Å². The molecule has 4 atom stereocenters. The number of carbonyl (C=O) groups is 1. The monoisotopic (exact) mass is 394 g/mol. The normalized spacial score (nSPS) is 33.0. The first-order valence-corrected chi connectivity index (χ1v) is 11.6. The Balaban J connectivity index is 3.98. The lowest BCUT2D eigenvalue weighted by Crippen LogP contribution is -2.75. The van der Waals surface area contributed by atoms with Crippen LogP contribution in [-0.4, -0.2) is 33.5 Å². The van der Waals surface area contributed by atoms with E-state index >= 15 is 0 Å². The van der Waals surface area contributed by atoms with Gasteiger partial charge in [0.15, 0.2) is 0 Å². The molecule has 1 rings (SSSR count). The van der Waals surface area contributed by atoms with Crippen LogP contribution in [0.3, 0.4) is 0 Å². The molecule has 4 unspecified atom stereocenters. The Morgan fingerprint density at radius 2 is 1.32 bits per heavy atom. The largest absolute Gasteiger partial charge is 0.330 e. The average Bonchev–Trinajstić information content (AvgIpc) is 2.60. The molecule has 1 aliphatic rings. The first-order valence-electron chi connectivity index (χ1n) is 11.6. The molecule has 0 radical (unpaired) electrons. The van der Waals surface area contributed by atoms with Crippen molar-refractivity contribution in [3.05, 3.63) is 0 Å². The third-order valence-corrected chi connectivity index (χ3v) is 8.58. The number of rotatable bonds is 6. The van der Waals surface area contributed by atoms with Crippen molar-refractivity contribution in [3.63, 3.8) is 0 Å². The average molecular weight is 395 g/mol. The van der Waals surface area contributed by atoms with E-state index in [9.17, 15) is 4.79 Å². The summed E-state index contributed by atoms with van der Waals surface area (Å²) in [5.74, 6) is 2.10. The zero-order valence-electron chi connectivity index (χ0n) is 21.4. The molecule has 0 aromatic heterocycles. The van der Waals surface area contributed by atoms with Gasteiger partial charge in [-0.2, -0.15) is 0 Å². The van der Waals surface area contributed by atoms with Crippen molar-refractivity contribution in [1.82, 2.24) is 10.2 Å².